The zero-order valence-electron chi connectivity index (χ0n) is 39.5. The number of carboxylic acids is 7. The molecule has 25 heteroatoms. The van der Waals surface area contributed by atoms with Crippen LogP contribution in [0.2, 0.25) is 0 Å². The number of hydrogen-bond acceptors (Lipinski definition) is 13. The molecule has 0 saturated carbocycles. The van der Waals surface area contributed by atoms with E-state index in [0.29, 0.717) is 62.5 Å². The summed E-state index contributed by atoms with van der Waals surface area (Å²) >= 11 is 5.49. The van der Waals surface area contributed by atoms with Crippen LogP contribution in [0, 0.1) is 11.8 Å². The summed E-state index contributed by atoms with van der Waals surface area (Å²) in [5.74, 6) is -8.91. The number of carbonyl (C=O) groups excluding carboxylic acids is 2. The molecule has 0 aliphatic carbocycles. The molecule has 1 aliphatic rings. The molecule has 1 heterocycles. The van der Waals surface area contributed by atoms with E-state index >= 15 is 0 Å². The normalized spacial score (nSPS) is 18.3. The number of amides is 3. The van der Waals surface area contributed by atoms with E-state index in [9.17, 15) is 73.8 Å². The molecule has 2 rings (SSSR count). The summed E-state index contributed by atoms with van der Waals surface area (Å²) in [7, 11) is 0. The van der Waals surface area contributed by atoms with Gasteiger partial charge < -0.3 is 62.3 Å². The maximum atomic E-state index is 12.3. The second-order valence-electron chi connectivity index (χ2n) is 17.5. The summed E-state index contributed by atoms with van der Waals surface area (Å²) in [5.41, 5.74) is 1.59. The summed E-state index contributed by atoms with van der Waals surface area (Å²) in [4.78, 5) is 111. The van der Waals surface area contributed by atoms with Gasteiger partial charge in [-0.2, -0.15) is 0 Å². The lowest BCUT2D eigenvalue weighted by Crippen LogP contribution is -2.51. The van der Waals surface area contributed by atoms with Crippen molar-refractivity contribution in [2.24, 2.45) is 11.8 Å². The highest BCUT2D eigenvalue weighted by Gasteiger charge is 2.30. The van der Waals surface area contributed by atoms with Crippen molar-refractivity contribution in [1.29, 1.82) is 0 Å². The van der Waals surface area contributed by atoms with Gasteiger partial charge in [-0.25, -0.2) is 14.4 Å². The number of anilines is 1. The molecule has 0 spiro atoms. The van der Waals surface area contributed by atoms with Crippen LogP contribution in [0.1, 0.15) is 89.5 Å². The topological polar surface area (TPSA) is 365 Å². The van der Waals surface area contributed by atoms with Crippen LogP contribution < -0.4 is 26.6 Å². The fourth-order valence-corrected chi connectivity index (χ4v) is 8.25. The van der Waals surface area contributed by atoms with Crippen LogP contribution in [-0.4, -0.2) is 193 Å². The molecule has 0 bridgehead atoms. The fraction of sp³-hybridized carbons (Fsp3) is 0.644. The van der Waals surface area contributed by atoms with Crippen molar-refractivity contribution in [3.8, 4) is 0 Å². The second kappa shape index (κ2) is 32.6. The Bertz CT molecular complexity index is 1910. The van der Waals surface area contributed by atoms with Gasteiger partial charge in [0.15, 0.2) is 5.11 Å². The number of urea groups is 1. The minimum Gasteiger partial charge on any atom is -0.481 e. The molecule has 0 aromatic heterocycles. The third-order valence-corrected chi connectivity index (χ3v) is 12.2. The number of hydrogen-bond donors (Lipinski definition) is 12. The molecule has 1 aromatic rings. The van der Waals surface area contributed by atoms with Gasteiger partial charge in [0.25, 0.3) is 0 Å². The number of thiocarbonyl (C=S) groups is 1. The monoisotopic (exact) mass is 1010 g/mol. The van der Waals surface area contributed by atoms with Crippen molar-refractivity contribution in [3.63, 3.8) is 0 Å². The molecule has 0 radical (unpaired) electrons. The van der Waals surface area contributed by atoms with E-state index in [-0.39, 0.29) is 83.0 Å². The van der Waals surface area contributed by atoms with Gasteiger partial charge in [0.2, 0.25) is 5.91 Å². The highest BCUT2D eigenvalue weighted by atomic mass is 32.1. The van der Waals surface area contributed by atoms with Crippen LogP contribution in [0.15, 0.2) is 24.3 Å². The average molecular weight is 1010 g/mol. The van der Waals surface area contributed by atoms with Crippen molar-refractivity contribution in [2.75, 3.05) is 70.8 Å². The molecule has 1 aliphatic heterocycles. The molecule has 5 unspecified atom stereocenters. The molecular formula is C45H70N8O16S. The van der Waals surface area contributed by atoms with Gasteiger partial charge in [-0.1, -0.05) is 31.9 Å². The van der Waals surface area contributed by atoms with E-state index in [2.05, 4.69) is 21.3 Å². The summed E-state index contributed by atoms with van der Waals surface area (Å²) in [6.45, 7) is 3.40. The van der Waals surface area contributed by atoms with Gasteiger partial charge in [0.05, 0.1) is 19.6 Å². The van der Waals surface area contributed by atoms with E-state index in [0.717, 1.165) is 24.8 Å². The van der Waals surface area contributed by atoms with Crippen LogP contribution >= 0.6 is 12.2 Å². The van der Waals surface area contributed by atoms with Gasteiger partial charge in [-0.05, 0) is 99.7 Å². The smallest absolute Gasteiger partial charge is 0.326 e. The van der Waals surface area contributed by atoms with Crippen molar-refractivity contribution < 1.29 is 78.9 Å². The Kier molecular flexibility index (Phi) is 27.9. The number of rotatable bonds is 29. The Morgan fingerprint density at radius 2 is 1.14 bits per heavy atom. The van der Waals surface area contributed by atoms with E-state index in [1.165, 1.54) is 0 Å². The molecule has 24 nitrogen and oxygen atoms in total. The zero-order valence-corrected chi connectivity index (χ0v) is 40.3. The van der Waals surface area contributed by atoms with Crippen molar-refractivity contribution in [3.05, 3.63) is 29.8 Å². The van der Waals surface area contributed by atoms with Crippen LogP contribution in [0.4, 0.5) is 10.5 Å². The van der Waals surface area contributed by atoms with E-state index in [4.69, 9.17) is 17.3 Å². The summed E-state index contributed by atoms with van der Waals surface area (Å²) in [6, 6.07) is 2.94. The van der Waals surface area contributed by atoms with Crippen LogP contribution in [0.5, 0.6) is 0 Å². The van der Waals surface area contributed by atoms with Gasteiger partial charge in [0, 0.05) is 70.3 Å². The lowest BCUT2D eigenvalue weighted by atomic mass is 9.81. The van der Waals surface area contributed by atoms with Crippen LogP contribution in [0.25, 0.3) is 0 Å². The standard InChI is InChI=1S/C45H70N8O16S/c1-29-16-19-51(26-39(59)60)20-21-52(27-40(61)62)22-23-53(28-41(63)64)33(25-31(29)8-14-37(55)56)24-30-6-9-32(10-7-30)48-45(70)47-18-5-3-2-4-17-46-36(54)13-11-34(42(65)66)49-44(69)50-35(43(67)68)12-15-38(57)58/h6-7,9-10,29,31,33-35H,2-5,8,11-28H2,1H3,(H,46,54)(H,55,56)(H,57,58)(H,59,60)(H,61,62)(H,63,64)(H,65,66)(H,67,68)(H2,47,48,70)(H2,49,50,69). The van der Waals surface area contributed by atoms with Gasteiger partial charge in [0.1, 0.15) is 12.1 Å². The molecular weight excluding hydrogens is 941 g/mol. The Balaban J connectivity index is 1.92. The zero-order chi connectivity index (χ0) is 52.2. The van der Waals surface area contributed by atoms with E-state index in [1.807, 2.05) is 41.4 Å². The van der Waals surface area contributed by atoms with Gasteiger partial charge in [-0.15, -0.1) is 0 Å². The molecule has 12 N–H and O–H groups in total. The van der Waals surface area contributed by atoms with Crippen LogP contribution in [0.3, 0.4) is 0 Å². The van der Waals surface area contributed by atoms with E-state index < -0.39 is 78.6 Å². The summed E-state index contributed by atoms with van der Waals surface area (Å²) in [5, 5.41) is 79.7. The summed E-state index contributed by atoms with van der Waals surface area (Å²) in [6.07, 6.45) is 3.23. The minimum absolute atomic E-state index is 0.0352. The number of aliphatic carboxylic acids is 7. The Morgan fingerprint density at radius 1 is 0.629 bits per heavy atom. The maximum absolute atomic E-state index is 12.3. The van der Waals surface area contributed by atoms with Crippen molar-refractivity contribution in [1.82, 2.24) is 36.0 Å². The van der Waals surface area contributed by atoms with Gasteiger partial charge in [-0.3, -0.25) is 43.5 Å². The van der Waals surface area contributed by atoms with Crippen molar-refractivity contribution in [2.45, 2.75) is 109 Å². The number of nitrogens with one attached hydrogen (secondary N) is 5. The first-order valence-corrected chi connectivity index (χ1v) is 23.7. The Hall–Kier alpha value is -6.18. The molecule has 3 amide bonds. The number of nitrogens with zero attached hydrogens (tertiary/aromatic N) is 3. The first-order chi connectivity index (χ1) is 33.1. The average Bonchev–Trinajstić information content (AvgIpc) is 3.27. The molecule has 1 aromatic carbocycles. The molecule has 1 saturated heterocycles. The number of carbonyl (C=O) groups is 9. The predicted molar refractivity (Wildman–Crippen MR) is 256 cm³/mol. The maximum Gasteiger partial charge on any atom is 0.326 e. The summed E-state index contributed by atoms with van der Waals surface area (Å²) < 4.78 is 0. The molecule has 1 fully saturated rings. The third kappa shape index (κ3) is 26.5. The lowest BCUT2D eigenvalue weighted by Gasteiger charge is -2.36. The first kappa shape index (κ1) is 59.9. The highest BCUT2D eigenvalue weighted by molar-refractivity contribution is 7.80. The second-order valence-corrected chi connectivity index (χ2v) is 17.9. The Morgan fingerprint density at radius 3 is 1.67 bits per heavy atom. The van der Waals surface area contributed by atoms with E-state index in [1.54, 1.807) is 9.80 Å². The number of carboxylic acid groups (broad SMARTS) is 7. The van der Waals surface area contributed by atoms with Crippen LogP contribution in [-0.2, 0) is 44.8 Å². The predicted octanol–water partition coefficient (Wildman–Crippen LogP) is 1.48. The molecule has 70 heavy (non-hydrogen) atoms. The highest BCUT2D eigenvalue weighted by Crippen LogP contribution is 2.30. The van der Waals surface area contributed by atoms with Gasteiger partial charge >= 0.3 is 47.8 Å². The Labute approximate surface area is 411 Å². The SMILES string of the molecule is CC1CCN(CC(=O)O)CCN(CC(=O)O)CCN(CC(=O)O)C(Cc2ccc(NC(=S)NCCCCCCNC(=O)CCC(NC(=O)NC(CCC(=O)O)C(=O)O)C(=O)O)cc2)CC1CCC(=O)O. The first-order valence-electron chi connectivity index (χ1n) is 23.3. The number of benzene rings is 1. The minimum atomic E-state index is -1.55. The quantitative estimate of drug-likeness (QED) is 0.0399. The van der Waals surface area contributed by atoms with Crippen molar-refractivity contribution >= 4 is 76.7 Å². The lowest BCUT2D eigenvalue weighted by molar-refractivity contribution is -0.141. The largest absolute Gasteiger partial charge is 0.481 e. The fourth-order valence-electron chi connectivity index (χ4n) is 8.03. The number of unbranched alkanes of at least 4 members (excludes halogenated alkanes) is 3. The molecule has 5 atom stereocenters. The molecule has 392 valence electrons. The third-order valence-electron chi connectivity index (χ3n) is 11.9.